The molecule has 0 aliphatic rings. The Labute approximate surface area is 153 Å². The molecule has 0 spiro atoms. The number of methoxy groups -OCH3 is 1. The lowest BCUT2D eigenvalue weighted by molar-refractivity contribution is -0.673. The van der Waals surface area contributed by atoms with Crippen molar-refractivity contribution in [3.05, 3.63) is 64.6 Å². The van der Waals surface area contributed by atoms with Gasteiger partial charge >= 0.3 is 11.3 Å². The molecule has 2 aromatic carbocycles. The van der Waals surface area contributed by atoms with E-state index in [1.165, 1.54) is 31.4 Å². The Balaban J connectivity index is 1.99. The van der Waals surface area contributed by atoms with Crippen LogP contribution in [-0.4, -0.2) is 26.7 Å². The fraction of sp³-hybridized carbons (Fsp3) is 0.0625. The summed E-state index contributed by atoms with van der Waals surface area (Å²) in [5.41, 5.74) is -0.657. The van der Waals surface area contributed by atoms with E-state index < -0.39 is 21.5 Å². The van der Waals surface area contributed by atoms with Crippen LogP contribution < -0.4 is 25.3 Å². The number of rotatable bonds is 5. The fourth-order valence-corrected chi connectivity index (χ4v) is 2.76. The molecular formula is C16H14N4O6S. The first-order valence-corrected chi connectivity index (χ1v) is 9.01. The van der Waals surface area contributed by atoms with Crippen LogP contribution in [0, 0.1) is 0 Å². The molecule has 10 nitrogen and oxygen atoms in total. The average molecular weight is 390 g/mol. The van der Waals surface area contributed by atoms with Crippen LogP contribution in [0.15, 0.2) is 67.7 Å². The van der Waals surface area contributed by atoms with Gasteiger partial charge in [-0.15, -0.1) is 0 Å². The molecule has 0 radical (unpaired) electrons. The normalized spacial score (nSPS) is 12.1. The number of ether oxygens (including phenoxy) is 1. The predicted octanol–water partition coefficient (Wildman–Crippen LogP) is -0.661. The van der Waals surface area contributed by atoms with Crippen LogP contribution in [0.4, 0.5) is 5.69 Å². The minimum atomic E-state index is -3.86. The zero-order chi connectivity index (χ0) is 19.6. The van der Waals surface area contributed by atoms with E-state index in [1.54, 1.807) is 24.3 Å². The second-order valence-electron chi connectivity index (χ2n) is 5.32. The van der Waals surface area contributed by atoms with Crippen LogP contribution in [0.2, 0.25) is 0 Å². The number of nitrogens with one attached hydrogen (secondary N) is 1. The van der Waals surface area contributed by atoms with Crippen molar-refractivity contribution in [3.8, 4) is 11.4 Å². The van der Waals surface area contributed by atoms with Crippen molar-refractivity contribution in [2.24, 2.45) is 10.1 Å². The van der Waals surface area contributed by atoms with E-state index in [1.807, 2.05) is 0 Å². The SMILES string of the molecule is COc1ccc(-[n+]2[nH]oc(=O)c2C([O-])=Nc2ccc(S(N)(=O)=O)cc2)cc1. The maximum atomic E-state index is 12.5. The zero-order valence-electron chi connectivity index (χ0n) is 13.9. The third-order valence-corrected chi connectivity index (χ3v) is 4.50. The lowest BCUT2D eigenvalue weighted by Gasteiger charge is -2.05. The number of hydrogen-bond acceptors (Lipinski definition) is 7. The van der Waals surface area contributed by atoms with Crippen molar-refractivity contribution >= 4 is 21.6 Å². The summed E-state index contributed by atoms with van der Waals surface area (Å²) in [5.74, 6) is -0.276. The van der Waals surface area contributed by atoms with Crippen molar-refractivity contribution < 1.29 is 27.5 Å². The summed E-state index contributed by atoms with van der Waals surface area (Å²) in [4.78, 5) is 15.6. The molecule has 0 bridgehead atoms. The smallest absolute Gasteiger partial charge is 0.436 e. The van der Waals surface area contributed by atoms with Gasteiger partial charge in [0.25, 0.3) is 0 Å². The topological polar surface area (TPSA) is 155 Å². The Morgan fingerprint density at radius 2 is 1.81 bits per heavy atom. The summed E-state index contributed by atoms with van der Waals surface area (Å²) in [6.07, 6.45) is 0. The Morgan fingerprint density at radius 1 is 1.19 bits per heavy atom. The lowest BCUT2D eigenvalue weighted by Crippen LogP contribution is -2.44. The third kappa shape index (κ3) is 3.88. The van der Waals surface area contributed by atoms with E-state index in [4.69, 9.17) is 14.4 Å². The van der Waals surface area contributed by atoms with Crippen molar-refractivity contribution in [1.29, 1.82) is 0 Å². The van der Waals surface area contributed by atoms with Crippen molar-refractivity contribution in [2.75, 3.05) is 7.11 Å². The molecule has 0 amide bonds. The molecule has 3 N–H and O–H groups in total. The van der Waals surface area contributed by atoms with Gasteiger partial charge in [-0.2, -0.15) is 0 Å². The van der Waals surface area contributed by atoms with Crippen LogP contribution >= 0.6 is 0 Å². The second-order valence-corrected chi connectivity index (χ2v) is 6.88. The van der Waals surface area contributed by atoms with Crippen LogP contribution in [0.3, 0.4) is 0 Å². The van der Waals surface area contributed by atoms with E-state index in [0.29, 0.717) is 11.4 Å². The highest BCUT2D eigenvalue weighted by atomic mass is 32.2. The number of aromatic amines is 1. The Kier molecular flexibility index (Phi) is 4.79. The summed E-state index contributed by atoms with van der Waals surface area (Å²) in [5, 5.41) is 19.8. The summed E-state index contributed by atoms with van der Waals surface area (Å²) < 4.78 is 33.4. The average Bonchev–Trinajstić information content (AvgIpc) is 3.03. The highest BCUT2D eigenvalue weighted by Gasteiger charge is 2.24. The number of nitrogens with zero attached hydrogens (tertiary/aromatic N) is 2. The number of benzene rings is 2. The molecule has 27 heavy (non-hydrogen) atoms. The molecule has 11 heteroatoms. The highest BCUT2D eigenvalue weighted by Crippen LogP contribution is 2.16. The molecule has 0 aliphatic heterocycles. The molecule has 0 unspecified atom stereocenters. The summed E-state index contributed by atoms with van der Waals surface area (Å²) >= 11 is 0. The standard InChI is InChI=1S/C16H14N4O6S/c1-25-12-6-4-11(5-7-12)20-14(16(22)26-19-20)15(21)18-10-2-8-13(9-3-10)27(17,23)24/h2-9H,1H3,(H3-,17,18,19,21,22,23,24). The molecule has 0 aliphatic carbocycles. The number of primary sulfonamides is 1. The quantitative estimate of drug-likeness (QED) is 0.335. The van der Waals surface area contributed by atoms with Crippen LogP contribution in [0.5, 0.6) is 5.75 Å². The van der Waals surface area contributed by atoms with Gasteiger partial charge in [-0.25, -0.2) is 18.4 Å². The zero-order valence-corrected chi connectivity index (χ0v) is 14.8. The number of H-pyrrole nitrogens is 1. The first kappa shape index (κ1) is 18.4. The van der Waals surface area contributed by atoms with Crippen LogP contribution in [0.1, 0.15) is 5.69 Å². The van der Waals surface area contributed by atoms with Crippen molar-refractivity contribution in [3.63, 3.8) is 0 Å². The molecule has 0 atom stereocenters. The van der Waals surface area contributed by atoms with Gasteiger partial charge in [0.1, 0.15) is 5.75 Å². The molecule has 140 valence electrons. The Morgan fingerprint density at radius 3 is 2.37 bits per heavy atom. The van der Waals surface area contributed by atoms with Gasteiger partial charge < -0.3 is 9.84 Å². The van der Waals surface area contributed by atoms with Crippen LogP contribution in [0.25, 0.3) is 5.69 Å². The van der Waals surface area contributed by atoms with E-state index >= 15 is 0 Å². The lowest BCUT2D eigenvalue weighted by atomic mass is 10.3. The molecule has 1 heterocycles. The van der Waals surface area contributed by atoms with Gasteiger partial charge in [0.05, 0.1) is 23.6 Å². The number of hydrogen-bond donors (Lipinski definition) is 2. The van der Waals surface area contributed by atoms with Crippen molar-refractivity contribution in [1.82, 2.24) is 5.27 Å². The van der Waals surface area contributed by atoms with Gasteiger partial charge in [-0.05, 0) is 46.4 Å². The maximum absolute atomic E-state index is 12.5. The minimum Gasteiger partial charge on any atom is -0.854 e. The van der Waals surface area contributed by atoms with Gasteiger partial charge in [0, 0.05) is 12.1 Å². The Hall–Kier alpha value is -3.44. The largest absolute Gasteiger partial charge is 0.854 e. The second kappa shape index (κ2) is 7.05. The van der Waals surface area contributed by atoms with Gasteiger partial charge in [0.15, 0.2) is 0 Å². The minimum absolute atomic E-state index is 0.122. The molecule has 0 fully saturated rings. The number of nitrogens with two attached hydrogens (primary N) is 1. The van der Waals surface area contributed by atoms with Gasteiger partial charge in [0.2, 0.25) is 15.7 Å². The maximum Gasteiger partial charge on any atom is 0.436 e. The number of sulfonamides is 1. The van der Waals surface area contributed by atoms with E-state index in [2.05, 4.69) is 10.3 Å². The molecule has 3 aromatic rings. The number of aliphatic imine (C=N–C) groups is 1. The van der Waals surface area contributed by atoms with E-state index in [9.17, 15) is 18.3 Å². The number of aromatic nitrogens is 2. The van der Waals surface area contributed by atoms with Gasteiger partial charge in [-0.3, -0.25) is 9.52 Å². The van der Waals surface area contributed by atoms with Crippen molar-refractivity contribution in [2.45, 2.75) is 4.90 Å². The molecular weight excluding hydrogens is 376 g/mol. The molecule has 0 saturated carbocycles. The first-order chi connectivity index (χ1) is 12.8. The summed E-state index contributed by atoms with van der Waals surface area (Å²) in [6, 6.07) is 11.5. The summed E-state index contributed by atoms with van der Waals surface area (Å²) in [7, 11) is -2.35. The monoisotopic (exact) mass is 390 g/mol. The predicted molar refractivity (Wildman–Crippen MR) is 91.4 cm³/mol. The molecule has 3 rings (SSSR count). The molecule has 0 saturated heterocycles. The molecule has 1 aromatic heterocycles. The van der Waals surface area contributed by atoms with E-state index in [-0.39, 0.29) is 16.3 Å². The van der Waals surface area contributed by atoms with Crippen LogP contribution in [-0.2, 0) is 10.0 Å². The first-order valence-electron chi connectivity index (χ1n) is 7.46. The summed E-state index contributed by atoms with van der Waals surface area (Å²) in [6.45, 7) is 0. The van der Waals surface area contributed by atoms with E-state index in [0.717, 1.165) is 4.68 Å². The fourth-order valence-electron chi connectivity index (χ4n) is 2.25. The Bertz CT molecular complexity index is 1140. The highest BCUT2D eigenvalue weighted by molar-refractivity contribution is 7.89. The third-order valence-electron chi connectivity index (χ3n) is 3.58. The van der Waals surface area contributed by atoms with Gasteiger partial charge in [-0.1, -0.05) is 0 Å².